The van der Waals surface area contributed by atoms with Crippen LogP contribution in [-0.2, 0) is 14.2 Å². The number of benzene rings is 4. The Morgan fingerprint density at radius 3 is 1.00 bits per heavy atom. The maximum absolute atomic E-state index is 12.6. The van der Waals surface area contributed by atoms with Crippen LogP contribution in [0, 0.1) is 0 Å². The molecule has 0 aliphatic carbocycles. The molecule has 4 rings (SSSR count). The van der Waals surface area contributed by atoms with Gasteiger partial charge in [0, 0.05) is 0 Å². The summed E-state index contributed by atoms with van der Waals surface area (Å²) in [7, 11) is 0. The highest BCUT2D eigenvalue weighted by molar-refractivity contribution is 6.27. The molecule has 186 valence electrons. The van der Waals surface area contributed by atoms with Crippen LogP contribution in [-0.4, -0.2) is 37.7 Å². The van der Waals surface area contributed by atoms with Gasteiger partial charge in [-0.1, -0.05) is 39.0 Å². The first kappa shape index (κ1) is 25.2. The van der Waals surface area contributed by atoms with Crippen molar-refractivity contribution in [1.82, 2.24) is 0 Å². The minimum Gasteiger partial charge on any atom is -0.462 e. The molecule has 0 radical (unpaired) electrons. The van der Waals surface area contributed by atoms with Crippen LogP contribution in [0.2, 0.25) is 0 Å². The minimum atomic E-state index is -0.386. The van der Waals surface area contributed by atoms with Crippen molar-refractivity contribution in [3.05, 3.63) is 71.3 Å². The zero-order chi connectivity index (χ0) is 25.7. The lowest BCUT2D eigenvalue weighted by atomic mass is 9.91. The van der Waals surface area contributed by atoms with E-state index in [9.17, 15) is 14.4 Å². The van der Waals surface area contributed by atoms with Gasteiger partial charge in [-0.2, -0.15) is 0 Å². The summed E-state index contributed by atoms with van der Waals surface area (Å²) in [6, 6.07) is 16.3. The summed E-state index contributed by atoms with van der Waals surface area (Å²) in [6.45, 7) is 6.88. The average molecular weight is 487 g/mol. The summed E-state index contributed by atoms with van der Waals surface area (Å²) in [5, 5.41) is 5.14. The molecule has 0 atom stereocenters. The Labute approximate surface area is 210 Å². The lowest BCUT2D eigenvalue weighted by Crippen LogP contribution is -2.07. The van der Waals surface area contributed by atoms with Crippen molar-refractivity contribution in [2.45, 2.75) is 40.0 Å². The van der Waals surface area contributed by atoms with Gasteiger partial charge in [-0.25, -0.2) is 14.4 Å². The van der Waals surface area contributed by atoms with Crippen LogP contribution in [0.25, 0.3) is 32.3 Å². The molecule has 0 bridgehead atoms. The fourth-order valence-electron chi connectivity index (χ4n) is 4.22. The van der Waals surface area contributed by atoms with Crippen molar-refractivity contribution >= 4 is 50.2 Å². The number of fused-ring (bicyclic) bond motifs is 6. The van der Waals surface area contributed by atoms with Crippen LogP contribution in [0.4, 0.5) is 0 Å². The Morgan fingerprint density at radius 2 is 0.750 bits per heavy atom. The van der Waals surface area contributed by atoms with E-state index < -0.39 is 0 Å². The Balaban J connectivity index is 1.96. The van der Waals surface area contributed by atoms with Crippen molar-refractivity contribution < 1.29 is 28.6 Å². The molecular formula is C30H30O6. The summed E-state index contributed by atoms with van der Waals surface area (Å²) in [4.78, 5) is 37.8. The van der Waals surface area contributed by atoms with Gasteiger partial charge >= 0.3 is 17.9 Å². The van der Waals surface area contributed by atoms with E-state index in [1.54, 1.807) is 18.2 Å². The van der Waals surface area contributed by atoms with E-state index >= 15 is 0 Å². The number of hydrogen-bond acceptors (Lipinski definition) is 6. The molecule has 0 unspecified atom stereocenters. The molecular weight excluding hydrogens is 456 g/mol. The van der Waals surface area contributed by atoms with Crippen LogP contribution in [0.15, 0.2) is 54.6 Å². The SMILES string of the molecule is CCCOC(=O)c1ccc2c(c1)c1ccc(C(=O)OCCC)cc1c1ccc(C(=O)OCCC)cc21. The molecule has 6 nitrogen and oxygen atoms in total. The zero-order valence-corrected chi connectivity index (χ0v) is 20.9. The van der Waals surface area contributed by atoms with Gasteiger partial charge in [-0.3, -0.25) is 0 Å². The molecule has 0 amide bonds. The van der Waals surface area contributed by atoms with Gasteiger partial charge in [-0.05, 0) is 88.0 Å². The molecule has 0 saturated heterocycles. The van der Waals surface area contributed by atoms with Gasteiger partial charge < -0.3 is 14.2 Å². The van der Waals surface area contributed by atoms with Crippen LogP contribution >= 0.6 is 0 Å². The third-order valence-electron chi connectivity index (χ3n) is 5.95. The third kappa shape index (κ3) is 5.03. The Kier molecular flexibility index (Phi) is 7.84. The number of hydrogen-bond donors (Lipinski definition) is 0. The molecule has 0 aliphatic rings. The number of esters is 3. The molecule has 0 spiro atoms. The molecule has 0 aliphatic heterocycles. The maximum atomic E-state index is 12.6. The van der Waals surface area contributed by atoms with Crippen LogP contribution in [0.5, 0.6) is 0 Å². The Hall–Kier alpha value is -3.93. The number of carbonyl (C=O) groups excluding carboxylic acids is 3. The smallest absolute Gasteiger partial charge is 0.338 e. The lowest BCUT2D eigenvalue weighted by Gasteiger charge is -2.14. The van der Waals surface area contributed by atoms with Crippen molar-refractivity contribution in [2.75, 3.05) is 19.8 Å². The molecule has 4 aromatic rings. The van der Waals surface area contributed by atoms with E-state index in [-0.39, 0.29) is 17.9 Å². The van der Waals surface area contributed by atoms with E-state index in [0.29, 0.717) is 36.5 Å². The second-order valence-corrected chi connectivity index (χ2v) is 8.69. The van der Waals surface area contributed by atoms with Crippen molar-refractivity contribution in [3.8, 4) is 0 Å². The molecule has 0 N–H and O–H groups in total. The molecule has 36 heavy (non-hydrogen) atoms. The van der Waals surface area contributed by atoms with Crippen LogP contribution in [0.1, 0.15) is 71.1 Å². The topological polar surface area (TPSA) is 78.9 Å². The summed E-state index contributed by atoms with van der Waals surface area (Å²) in [6.07, 6.45) is 2.21. The minimum absolute atomic E-state index is 0.349. The van der Waals surface area contributed by atoms with Crippen molar-refractivity contribution in [2.24, 2.45) is 0 Å². The third-order valence-corrected chi connectivity index (χ3v) is 5.95. The molecule has 0 heterocycles. The zero-order valence-electron chi connectivity index (χ0n) is 20.9. The largest absolute Gasteiger partial charge is 0.462 e. The molecule has 4 aromatic carbocycles. The summed E-state index contributed by atoms with van der Waals surface area (Å²) in [5.41, 5.74) is 1.34. The van der Waals surface area contributed by atoms with Gasteiger partial charge in [0.2, 0.25) is 0 Å². The molecule has 0 fully saturated rings. The quantitative estimate of drug-likeness (QED) is 0.146. The predicted molar refractivity (Wildman–Crippen MR) is 141 cm³/mol. The number of rotatable bonds is 9. The van der Waals surface area contributed by atoms with E-state index in [0.717, 1.165) is 51.6 Å². The summed E-state index contributed by atoms with van der Waals surface area (Å²) in [5.74, 6) is -1.16. The highest BCUT2D eigenvalue weighted by atomic mass is 16.5. The molecule has 0 saturated carbocycles. The van der Waals surface area contributed by atoms with Gasteiger partial charge in [0.15, 0.2) is 0 Å². The highest BCUT2D eigenvalue weighted by Crippen LogP contribution is 2.37. The standard InChI is InChI=1S/C30H30O6/c1-4-13-34-28(31)19-7-10-22-25(16-19)23-11-8-20(29(32)35-14-5-2)18-27(23)24-12-9-21(17-26(22)24)30(33)36-15-6-3/h7-12,16-18H,4-6,13-15H2,1-3H3. The van der Waals surface area contributed by atoms with E-state index in [1.807, 2.05) is 57.2 Å². The maximum Gasteiger partial charge on any atom is 0.338 e. The van der Waals surface area contributed by atoms with Crippen molar-refractivity contribution in [1.29, 1.82) is 0 Å². The molecule has 0 aromatic heterocycles. The lowest BCUT2D eigenvalue weighted by molar-refractivity contribution is 0.0496. The molecule has 6 heteroatoms. The summed E-state index contributed by atoms with van der Waals surface area (Å²) < 4.78 is 16.0. The number of carbonyl (C=O) groups is 3. The van der Waals surface area contributed by atoms with Gasteiger partial charge in [0.05, 0.1) is 36.5 Å². The van der Waals surface area contributed by atoms with E-state index in [2.05, 4.69) is 0 Å². The predicted octanol–water partition coefficient (Wildman–Crippen LogP) is 6.85. The van der Waals surface area contributed by atoms with Gasteiger partial charge in [0.25, 0.3) is 0 Å². The Bertz CT molecular complexity index is 1250. The first-order valence-electron chi connectivity index (χ1n) is 12.4. The number of ether oxygens (including phenoxy) is 3. The van der Waals surface area contributed by atoms with Gasteiger partial charge in [0.1, 0.15) is 0 Å². The normalized spacial score (nSPS) is 11.1. The first-order valence-corrected chi connectivity index (χ1v) is 12.4. The van der Waals surface area contributed by atoms with Gasteiger partial charge in [-0.15, -0.1) is 0 Å². The van der Waals surface area contributed by atoms with Crippen LogP contribution in [0.3, 0.4) is 0 Å². The van der Waals surface area contributed by atoms with Crippen molar-refractivity contribution in [3.63, 3.8) is 0 Å². The average Bonchev–Trinajstić information content (AvgIpc) is 2.92. The first-order chi connectivity index (χ1) is 17.5. The summed E-state index contributed by atoms with van der Waals surface area (Å²) >= 11 is 0. The Morgan fingerprint density at radius 1 is 0.472 bits per heavy atom. The second kappa shape index (κ2) is 11.2. The van der Waals surface area contributed by atoms with E-state index in [1.165, 1.54) is 0 Å². The fourth-order valence-corrected chi connectivity index (χ4v) is 4.22. The fraction of sp³-hybridized carbons (Fsp3) is 0.300. The highest BCUT2D eigenvalue weighted by Gasteiger charge is 2.17. The second-order valence-electron chi connectivity index (χ2n) is 8.69. The van der Waals surface area contributed by atoms with E-state index in [4.69, 9.17) is 14.2 Å². The van der Waals surface area contributed by atoms with Crippen LogP contribution < -0.4 is 0 Å². The monoisotopic (exact) mass is 486 g/mol.